The number of hydrogen-bond acceptors (Lipinski definition) is 4. The Labute approximate surface area is 115 Å². The first-order valence-corrected chi connectivity index (χ1v) is 5.97. The summed E-state index contributed by atoms with van der Waals surface area (Å²) in [5.74, 6) is -1.32. The molecular weight excluding hydrogens is 260 g/mol. The van der Waals surface area contributed by atoms with Crippen LogP contribution in [0.3, 0.4) is 0 Å². The molecule has 6 nitrogen and oxygen atoms in total. The third-order valence-corrected chi connectivity index (χ3v) is 2.61. The minimum absolute atomic E-state index is 0.0736. The van der Waals surface area contributed by atoms with Crippen molar-refractivity contribution in [3.63, 3.8) is 0 Å². The second kappa shape index (κ2) is 5.92. The number of carboxylic acid groups (broad SMARTS) is 1. The average Bonchev–Trinajstić information content (AvgIpc) is 2.84. The van der Waals surface area contributed by atoms with E-state index in [9.17, 15) is 9.59 Å². The molecule has 0 aliphatic carbocycles. The van der Waals surface area contributed by atoms with Crippen LogP contribution in [0.4, 0.5) is 11.4 Å². The molecule has 0 unspecified atom stereocenters. The molecule has 1 aromatic heterocycles. The summed E-state index contributed by atoms with van der Waals surface area (Å²) in [6, 6.07) is 8.76. The first kappa shape index (κ1) is 13.7. The Morgan fingerprint density at radius 1 is 1.25 bits per heavy atom. The number of carboxylic acids is 1. The topological polar surface area (TPSA) is 91.6 Å². The Hall–Kier alpha value is -2.76. The predicted octanol–water partition coefficient (Wildman–Crippen LogP) is 2.55. The maximum absolute atomic E-state index is 11.0. The molecule has 0 fully saturated rings. The predicted molar refractivity (Wildman–Crippen MR) is 73.7 cm³/mol. The van der Waals surface area contributed by atoms with E-state index in [1.54, 1.807) is 24.3 Å². The molecule has 0 saturated heterocycles. The number of nitrogens with one attached hydrogen (secondary N) is 2. The van der Waals surface area contributed by atoms with Crippen LogP contribution in [0.1, 0.15) is 23.0 Å². The Kier molecular flexibility index (Phi) is 4.05. The fourth-order valence-electron chi connectivity index (χ4n) is 1.77. The fourth-order valence-corrected chi connectivity index (χ4v) is 1.77. The van der Waals surface area contributed by atoms with Crippen LogP contribution in [0.15, 0.2) is 41.0 Å². The fraction of sp³-hybridized carbons (Fsp3) is 0.143. The molecular formula is C14H14N2O4. The van der Waals surface area contributed by atoms with Gasteiger partial charge in [0.25, 0.3) is 0 Å². The van der Waals surface area contributed by atoms with Gasteiger partial charge < -0.3 is 20.2 Å². The third-order valence-electron chi connectivity index (χ3n) is 2.61. The van der Waals surface area contributed by atoms with Gasteiger partial charge in [-0.3, -0.25) is 4.79 Å². The molecule has 1 amide bonds. The maximum atomic E-state index is 11.0. The minimum Gasteiger partial charge on any atom is -0.475 e. The van der Waals surface area contributed by atoms with Gasteiger partial charge in [-0.25, -0.2) is 4.79 Å². The summed E-state index contributed by atoms with van der Waals surface area (Å²) in [7, 11) is 0. The van der Waals surface area contributed by atoms with Gasteiger partial charge in [-0.15, -0.1) is 0 Å². The molecule has 0 aliphatic heterocycles. The lowest BCUT2D eigenvalue weighted by atomic mass is 10.2. The van der Waals surface area contributed by atoms with Gasteiger partial charge in [0.2, 0.25) is 11.7 Å². The summed E-state index contributed by atoms with van der Waals surface area (Å²) in [5.41, 5.74) is 2.00. The number of aromatic carboxylic acids is 1. The minimum atomic E-state index is -1.10. The van der Waals surface area contributed by atoms with E-state index in [0.717, 1.165) is 5.69 Å². The lowest BCUT2D eigenvalue weighted by molar-refractivity contribution is -0.114. The molecule has 1 heterocycles. The lowest BCUT2D eigenvalue weighted by Gasteiger charge is -2.08. The lowest BCUT2D eigenvalue weighted by Crippen LogP contribution is -2.07. The maximum Gasteiger partial charge on any atom is 0.372 e. The largest absolute Gasteiger partial charge is 0.475 e. The second-order valence-electron chi connectivity index (χ2n) is 4.20. The smallest absolute Gasteiger partial charge is 0.372 e. The Bertz CT molecular complexity index is 634. The van der Waals surface area contributed by atoms with Crippen LogP contribution in [0.25, 0.3) is 0 Å². The van der Waals surface area contributed by atoms with Crippen LogP contribution < -0.4 is 10.6 Å². The SMILES string of the molecule is CC(=O)Nc1cccc(NCc2ccoc2C(=O)O)c1. The van der Waals surface area contributed by atoms with Gasteiger partial charge >= 0.3 is 5.97 Å². The number of carbonyl (C=O) groups excluding carboxylic acids is 1. The summed E-state index contributed by atoms with van der Waals surface area (Å²) in [4.78, 5) is 21.9. The summed E-state index contributed by atoms with van der Waals surface area (Å²) >= 11 is 0. The van der Waals surface area contributed by atoms with Gasteiger partial charge in [-0.05, 0) is 24.3 Å². The zero-order valence-corrected chi connectivity index (χ0v) is 10.8. The van der Waals surface area contributed by atoms with Crippen molar-refractivity contribution in [2.45, 2.75) is 13.5 Å². The highest BCUT2D eigenvalue weighted by Gasteiger charge is 2.13. The van der Waals surface area contributed by atoms with Crippen LogP contribution in [0.2, 0.25) is 0 Å². The van der Waals surface area contributed by atoms with Gasteiger partial charge in [0.05, 0.1) is 6.26 Å². The molecule has 6 heteroatoms. The van der Waals surface area contributed by atoms with Crippen molar-refractivity contribution < 1.29 is 19.1 Å². The number of benzene rings is 1. The molecule has 0 saturated carbocycles. The van der Waals surface area contributed by atoms with E-state index in [0.29, 0.717) is 17.8 Å². The highest BCUT2D eigenvalue weighted by molar-refractivity contribution is 5.89. The Balaban J connectivity index is 2.05. The molecule has 0 atom stereocenters. The number of furan rings is 1. The molecule has 3 N–H and O–H groups in total. The molecule has 20 heavy (non-hydrogen) atoms. The van der Waals surface area contributed by atoms with E-state index in [1.807, 2.05) is 6.07 Å². The van der Waals surface area contributed by atoms with Gasteiger partial charge in [0.1, 0.15) is 0 Å². The van der Waals surface area contributed by atoms with Gasteiger partial charge in [0.15, 0.2) is 0 Å². The number of amides is 1. The van der Waals surface area contributed by atoms with Gasteiger partial charge in [-0.2, -0.15) is 0 Å². The zero-order chi connectivity index (χ0) is 14.5. The molecule has 104 valence electrons. The molecule has 2 aromatic rings. The van der Waals surface area contributed by atoms with Crippen LogP contribution in [-0.4, -0.2) is 17.0 Å². The van der Waals surface area contributed by atoms with E-state index < -0.39 is 5.97 Å². The average molecular weight is 274 g/mol. The Morgan fingerprint density at radius 2 is 2.00 bits per heavy atom. The number of anilines is 2. The van der Waals surface area contributed by atoms with Crippen molar-refractivity contribution in [3.05, 3.63) is 47.9 Å². The first-order chi connectivity index (χ1) is 9.56. The van der Waals surface area contributed by atoms with Crippen molar-refractivity contribution in [2.24, 2.45) is 0 Å². The summed E-state index contributed by atoms with van der Waals surface area (Å²) in [5, 5.41) is 14.7. The molecule has 0 spiro atoms. The van der Waals surface area contributed by atoms with Crippen molar-refractivity contribution >= 4 is 23.3 Å². The van der Waals surface area contributed by atoms with Crippen LogP contribution in [0, 0.1) is 0 Å². The second-order valence-corrected chi connectivity index (χ2v) is 4.20. The Morgan fingerprint density at radius 3 is 2.70 bits per heavy atom. The van der Waals surface area contributed by atoms with E-state index >= 15 is 0 Å². The van der Waals surface area contributed by atoms with Crippen LogP contribution in [-0.2, 0) is 11.3 Å². The van der Waals surface area contributed by atoms with E-state index in [2.05, 4.69) is 10.6 Å². The molecule has 2 rings (SSSR count). The summed E-state index contributed by atoms with van der Waals surface area (Å²) in [6.45, 7) is 1.76. The van der Waals surface area contributed by atoms with Gasteiger partial charge in [0, 0.05) is 30.4 Å². The summed E-state index contributed by atoms with van der Waals surface area (Å²) < 4.78 is 4.89. The quantitative estimate of drug-likeness (QED) is 0.779. The highest BCUT2D eigenvalue weighted by Crippen LogP contribution is 2.17. The molecule has 0 radical (unpaired) electrons. The van der Waals surface area contributed by atoms with Crippen molar-refractivity contribution in [3.8, 4) is 0 Å². The number of carbonyl (C=O) groups is 2. The van der Waals surface area contributed by atoms with Crippen molar-refractivity contribution in [2.75, 3.05) is 10.6 Å². The highest BCUT2D eigenvalue weighted by atomic mass is 16.4. The third kappa shape index (κ3) is 3.38. The van der Waals surface area contributed by atoms with E-state index in [1.165, 1.54) is 13.2 Å². The monoisotopic (exact) mass is 274 g/mol. The van der Waals surface area contributed by atoms with Crippen LogP contribution in [0.5, 0.6) is 0 Å². The van der Waals surface area contributed by atoms with Crippen LogP contribution >= 0.6 is 0 Å². The first-order valence-electron chi connectivity index (χ1n) is 5.97. The zero-order valence-electron chi connectivity index (χ0n) is 10.8. The molecule has 0 aliphatic rings. The number of rotatable bonds is 5. The molecule has 1 aromatic carbocycles. The normalized spacial score (nSPS) is 10.1. The summed E-state index contributed by atoms with van der Waals surface area (Å²) in [6.07, 6.45) is 1.34. The number of hydrogen-bond donors (Lipinski definition) is 3. The van der Waals surface area contributed by atoms with E-state index in [-0.39, 0.29) is 11.7 Å². The van der Waals surface area contributed by atoms with E-state index in [4.69, 9.17) is 9.52 Å². The van der Waals surface area contributed by atoms with Crippen molar-refractivity contribution in [1.29, 1.82) is 0 Å². The standard InChI is InChI=1S/C14H14N2O4/c1-9(17)16-12-4-2-3-11(7-12)15-8-10-5-6-20-13(10)14(18)19/h2-7,15H,8H2,1H3,(H,16,17)(H,18,19). The van der Waals surface area contributed by atoms with Gasteiger partial charge in [-0.1, -0.05) is 6.07 Å². The molecule has 0 bridgehead atoms. The van der Waals surface area contributed by atoms with Crippen molar-refractivity contribution in [1.82, 2.24) is 0 Å².